The number of para-hydroxylation sites is 1. The van der Waals surface area contributed by atoms with Gasteiger partial charge in [0, 0.05) is 17.7 Å². The molecule has 1 aromatic carbocycles. The average molecular weight is 327 g/mol. The van der Waals surface area contributed by atoms with Crippen LogP contribution in [-0.2, 0) is 4.79 Å². The SMILES string of the molecule is COc1ccccc1-c1nc(NC(=O)C=Cc2nccs2)n[nH]1. The van der Waals surface area contributed by atoms with Gasteiger partial charge in [-0.2, -0.15) is 4.98 Å². The van der Waals surface area contributed by atoms with Crippen molar-refractivity contribution < 1.29 is 9.53 Å². The number of hydrogen-bond acceptors (Lipinski definition) is 6. The van der Waals surface area contributed by atoms with Crippen LogP contribution in [0.4, 0.5) is 5.95 Å². The Hall–Kier alpha value is -3.00. The van der Waals surface area contributed by atoms with Gasteiger partial charge in [0.1, 0.15) is 10.8 Å². The van der Waals surface area contributed by atoms with Gasteiger partial charge in [0.15, 0.2) is 5.82 Å². The summed E-state index contributed by atoms with van der Waals surface area (Å²) < 4.78 is 5.28. The Labute approximate surface area is 136 Å². The minimum atomic E-state index is -0.328. The first kappa shape index (κ1) is 14.9. The normalized spacial score (nSPS) is 10.8. The van der Waals surface area contributed by atoms with Crippen LogP contribution in [0.2, 0.25) is 0 Å². The minimum Gasteiger partial charge on any atom is -0.496 e. The summed E-state index contributed by atoms with van der Waals surface area (Å²) in [5.74, 6) is 1.05. The molecule has 2 N–H and O–H groups in total. The Morgan fingerprint density at radius 1 is 1.39 bits per heavy atom. The van der Waals surface area contributed by atoms with Crippen LogP contribution in [0.25, 0.3) is 17.5 Å². The predicted molar refractivity (Wildman–Crippen MR) is 88.1 cm³/mol. The average Bonchev–Trinajstić information content (AvgIpc) is 3.24. The second-order valence-electron chi connectivity index (χ2n) is 4.40. The highest BCUT2D eigenvalue weighted by molar-refractivity contribution is 7.10. The van der Waals surface area contributed by atoms with Gasteiger partial charge in [0.25, 0.3) is 5.91 Å². The number of rotatable bonds is 5. The Bertz CT molecular complexity index is 826. The lowest BCUT2D eigenvalue weighted by Gasteiger charge is -2.04. The fourth-order valence-corrected chi connectivity index (χ4v) is 2.42. The van der Waals surface area contributed by atoms with E-state index in [0.29, 0.717) is 11.6 Å². The van der Waals surface area contributed by atoms with Crippen molar-refractivity contribution in [1.29, 1.82) is 0 Å². The quantitative estimate of drug-likeness (QED) is 0.703. The monoisotopic (exact) mass is 327 g/mol. The molecular formula is C15H13N5O2S. The second-order valence-corrected chi connectivity index (χ2v) is 5.33. The van der Waals surface area contributed by atoms with E-state index in [0.717, 1.165) is 10.6 Å². The number of thiazole rings is 1. The van der Waals surface area contributed by atoms with E-state index in [9.17, 15) is 4.79 Å². The molecule has 3 aromatic rings. The number of H-pyrrole nitrogens is 1. The molecule has 0 aliphatic carbocycles. The first-order valence-electron chi connectivity index (χ1n) is 6.70. The lowest BCUT2D eigenvalue weighted by molar-refractivity contribution is -0.111. The third kappa shape index (κ3) is 3.61. The van der Waals surface area contributed by atoms with E-state index in [2.05, 4.69) is 25.5 Å². The van der Waals surface area contributed by atoms with Crippen molar-refractivity contribution >= 4 is 29.3 Å². The number of carbonyl (C=O) groups excluding carboxylic acids is 1. The van der Waals surface area contributed by atoms with E-state index in [1.165, 1.54) is 17.4 Å². The molecule has 116 valence electrons. The van der Waals surface area contributed by atoms with Gasteiger partial charge in [-0.05, 0) is 18.2 Å². The maximum absolute atomic E-state index is 11.8. The standard InChI is InChI=1S/C15H13N5O2S/c1-22-11-5-3-2-4-10(11)14-18-15(20-19-14)17-12(21)6-7-13-16-8-9-23-13/h2-9H,1H3,(H2,17,18,19,20,21). The molecule has 7 nitrogen and oxygen atoms in total. The molecule has 0 spiro atoms. The highest BCUT2D eigenvalue weighted by atomic mass is 32.1. The van der Waals surface area contributed by atoms with Crippen LogP contribution < -0.4 is 10.1 Å². The number of aromatic amines is 1. The van der Waals surface area contributed by atoms with Gasteiger partial charge in [-0.3, -0.25) is 15.2 Å². The summed E-state index contributed by atoms with van der Waals surface area (Å²) in [5.41, 5.74) is 0.765. The largest absolute Gasteiger partial charge is 0.496 e. The van der Waals surface area contributed by atoms with E-state index < -0.39 is 0 Å². The van der Waals surface area contributed by atoms with Crippen LogP contribution in [0.5, 0.6) is 5.75 Å². The van der Waals surface area contributed by atoms with Crippen LogP contribution in [0.1, 0.15) is 5.01 Å². The molecule has 0 radical (unpaired) electrons. The van der Waals surface area contributed by atoms with Gasteiger partial charge in [-0.15, -0.1) is 16.4 Å². The molecule has 0 saturated carbocycles. The van der Waals surface area contributed by atoms with Crippen molar-refractivity contribution in [2.24, 2.45) is 0 Å². The Morgan fingerprint density at radius 2 is 2.26 bits per heavy atom. The summed E-state index contributed by atoms with van der Waals surface area (Å²) in [6, 6.07) is 7.42. The van der Waals surface area contributed by atoms with Crippen molar-refractivity contribution in [3.05, 3.63) is 46.9 Å². The third-order valence-electron chi connectivity index (χ3n) is 2.91. The molecule has 0 atom stereocenters. The van der Waals surface area contributed by atoms with Crippen LogP contribution >= 0.6 is 11.3 Å². The van der Waals surface area contributed by atoms with Gasteiger partial charge in [0.05, 0.1) is 12.7 Å². The molecule has 2 heterocycles. The van der Waals surface area contributed by atoms with E-state index in [4.69, 9.17) is 4.74 Å². The summed E-state index contributed by atoms with van der Waals surface area (Å²) in [6.45, 7) is 0. The van der Waals surface area contributed by atoms with Crippen LogP contribution in [-0.4, -0.2) is 33.2 Å². The highest BCUT2D eigenvalue weighted by Gasteiger charge is 2.11. The highest BCUT2D eigenvalue weighted by Crippen LogP contribution is 2.26. The number of amides is 1. The van der Waals surface area contributed by atoms with E-state index in [-0.39, 0.29) is 11.9 Å². The number of ether oxygens (including phenoxy) is 1. The van der Waals surface area contributed by atoms with E-state index in [1.54, 1.807) is 19.4 Å². The smallest absolute Gasteiger partial charge is 0.250 e. The first-order chi connectivity index (χ1) is 11.3. The number of hydrogen-bond donors (Lipinski definition) is 2. The molecule has 8 heteroatoms. The van der Waals surface area contributed by atoms with E-state index in [1.807, 2.05) is 29.6 Å². The number of anilines is 1. The minimum absolute atomic E-state index is 0.194. The van der Waals surface area contributed by atoms with Crippen molar-refractivity contribution in [2.45, 2.75) is 0 Å². The zero-order chi connectivity index (χ0) is 16.1. The molecule has 2 aromatic heterocycles. The van der Waals surface area contributed by atoms with Gasteiger partial charge in [-0.1, -0.05) is 12.1 Å². The number of carbonyl (C=O) groups is 1. The van der Waals surface area contributed by atoms with Crippen LogP contribution in [0.3, 0.4) is 0 Å². The summed E-state index contributed by atoms with van der Waals surface area (Å²) >= 11 is 1.45. The number of methoxy groups -OCH3 is 1. The molecule has 0 saturated heterocycles. The molecule has 0 aliphatic heterocycles. The molecular weight excluding hydrogens is 314 g/mol. The van der Waals surface area contributed by atoms with Gasteiger partial charge >= 0.3 is 0 Å². The lowest BCUT2D eigenvalue weighted by Crippen LogP contribution is -2.09. The zero-order valence-corrected chi connectivity index (χ0v) is 13.0. The molecule has 0 unspecified atom stereocenters. The fourth-order valence-electron chi connectivity index (χ4n) is 1.89. The molecule has 1 amide bonds. The van der Waals surface area contributed by atoms with E-state index >= 15 is 0 Å². The second kappa shape index (κ2) is 6.84. The molecule has 0 aliphatic rings. The van der Waals surface area contributed by atoms with Crippen molar-refractivity contribution in [3.63, 3.8) is 0 Å². The number of benzene rings is 1. The number of nitrogens with one attached hydrogen (secondary N) is 2. The number of nitrogens with zero attached hydrogens (tertiary/aromatic N) is 3. The molecule has 23 heavy (non-hydrogen) atoms. The summed E-state index contributed by atoms with van der Waals surface area (Å²) in [6.07, 6.45) is 4.70. The molecule has 3 rings (SSSR count). The van der Waals surface area contributed by atoms with Gasteiger partial charge in [-0.25, -0.2) is 4.98 Å². The Morgan fingerprint density at radius 3 is 3.04 bits per heavy atom. The van der Waals surface area contributed by atoms with Crippen LogP contribution in [0, 0.1) is 0 Å². The number of aromatic nitrogens is 4. The summed E-state index contributed by atoms with van der Waals surface area (Å²) in [5, 5.41) is 11.9. The topological polar surface area (TPSA) is 92.8 Å². The molecule has 0 fully saturated rings. The maximum Gasteiger partial charge on any atom is 0.250 e. The van der Waals surface area contributed by atoms with Crippen molar-refractivity contribution in [2.75, 3.05) is 12.4 Å². The van der Waals surface area contributed by atoms with Crippen molar-refractivity contribution in [3.8, 4) is 17.1 Å². The van der Waals surface area contributed by atoms with Gasteiger partial charge in [0.2, 0.25) is 5.95 Å². The summed E-state index contributed by atoms with van der Waals surface area (Å²) in [7, 11) is 1.58. The third-order valence-corrected chi connectivity index (χ3v) is 3.65. The maximum atomic E-state index is 11.8. The summed E-state index contributed by atoms with van der Waals surface area (Å²) in [4.78, 5) is 20.1. The van der Waals surface area contributed by atoms with Crippen LogP contribution in [0.15, 0.2) is 41.9 Å². The predicted octanol–water partition coefficient (Wildman–Crippen LogP) is 2.59. The lowest BCUT2D eigenvalue weighted by atomic mass is 10.2. The van der Waals surface area contributed by atoms with Crippen molar-refractivity contribution in [1.82, 2.24) is 20.2 Å². The molecule has 0 bridgehead atoms. The Balaban J connectivity index is 1.71. The van der Waals surface area contributed by atoms with Gasteiger partial charge < -0.3 is 4.74 Å². The zero-order valence-electron chi connectivity index (χ0n) is 12.2. The fraction of sp³-hybridized carbons (Fsp3) is 0.0667. The Kier molecular flexibility index (Phi) is 4.44. The first-order valence-corrected chi connectivity index (χ1v) is 7.58.